The van der Waals surface area contributed by atoms with Crippen LogP contribution in [0, 0.1) is 3.57 Å². The quantitative estimate of drug-likeness (QED) is 0.562. The normalized spacial score (nSPS) is 31.8. The molecule has 0 bridgehead atoms. The zero-order valence-corrected chi connectivity index (χ0v) is 11.1. The summed E-state index contributed by atoms with van der Waals surface area (Å²) >= 11 is 1.69. The van der Waals surface area contributed by atoms with Crippen LogP contribution in [0.2, 0.25) is 0 Å². The molecule has 0 unspecified atom stereocenters. The zero-order chi connectivity index (χ0) is 13.4. The predicted molar refractivity (Wildman–Crippen MR) is 65.9 cm³/mol. The van der Waals surface area contributed by atoms with Gasteiger partial charge in [-0.25, -0.2) is 9.18 Å². The Labute approximate surface area is 113 Å². The van der Waals surface area contributed by atoms with Gasteiger partial charge in [-0.15, -0.1) is 0 Å². The average molecular weight is 372 g/mol. The van der Waals surface area contributed by atoms with Crippen LogP contribution in [-0.4, -0.2) is 44.8 Å². The minimum absolute atomic E-state index is 0.185. The summed E-state index contributed by atoms with van der Waals surface area (Å²) in [4.78, 5) is 24.7. The molecule has 2 rings (SSSR count). The van der Waals surface area contributed by atoms with Crippen molar-refractivity contribution < 1.29 is 19.3 Å². The number of alkyl halides is 1. The number of hydrogen-bond acceptors (Lipinski definition) is 5. The van der Waals surface area contributed by atoms with Gasteiger partial charge in [0.05, 0.1) is 10.2 Å². The molecule has 1 fully saturated rings. The SMILES string of the molecule is O=c1[nH]c(=O)n([C@@H]2O[C@H](CO)[C@H](O)[C@H]2F)cc1I. The minimum atomic E-state index is -1.86. The third-order valence-electron chi connectivity index (χ3n) is 2.67. The lowest BCUT2D eigenvalue weighted by Crippen LogP contribution is -2.37. The van der Waals surface area contributed by atoms with Crippen LogP contribution in [0.25, 0.3) is 0 Å². The van der Waals surface area contributed by atoms with Gasteiger partial charge in [0.25, 0.3) is 5.56 Å². The van der Waals surface area contributed by atoms with Gasteiger partial charge in [-0.2, -0.15) is 0 Å². The molecule has 9 heteroatoms. The van der Waals surface area contributed by atoms with Gasteiger partial charge in [-0.05, 0) is 22.6 Å². The second-order valence-electron chi connectivity index (χ2n) is 3.83. The Morgan fingerprint density at radius 3 is 2.78 bits per heavy atom. The van der Waals surface area contributed by atoms with E-state index in [2.05, 4.69) is 0 Å². The van der Waals surface area contributed by atoms with Crippen molar-refractivity contribution in [3.63, 3.8) is 0 Å². The summed E-state index contributed by atoms with van der Waals surface area (Å²) in [6.07, 6.45) is -4.69. The second kappa shape index (κ2) is 5.07. The average Bonchev–Trinajstić information content (AvgIpc) is 2.61. The molecule has 1 saturated heterocycles. The molecule has 18 heavy (non-hydrogen) atoms. The highest BCUT2D eigenvalue weighted by atomic mass is 127. The van der Waals surface area contributed by atoms with E-state index in [4.69, 9.17) is 9.84 Å². The number of nitrogens with one attached hydrogen (secondary N) is 1. The van der Waals surface area contributed by atoms with Crippen LogP contribution in [0.1, 0.15) is 6.23 Å². The van der Waals surface area contributed by atoms with E-state index < -0.39 is 42.5 Å². The molecule has 0 amide bonds. The van der Waals surface area contributed by atoms with Gasteiger partial charge >= 0.3 is 5.69 Å². The molecule has 100 valence electrons. The van der Waals surface area contributed by atoms with E-state index in [1.54, 1.807) is 22.6 Å². The molecule has 0 aliphatic carbocycles. The molecule has 1 aliphatic heterocycles. The topological polar surface area (TPSA) is 105 Å². The molecule has 0 saturated carbocycles. The van der Waals surface area contributed by atoms with Crippen molar-refractivity contribution in [3.8, 4) is 0 Å². The maximum absolute atomic E-state index is 13.8. The summed E-state index contributed by atoms with van der Waals surface area (Å²) in [6.45, 7) is -0.562. The van der Waals surface area contributed by atoms with Crippen LogP contribution in [0.5, 0.6) is 0 Å². The Bertz CT molecular complexity index is 559. The van der Waals surface area contributed by atoms with Gasteiger partial charge in [0, 0.05) is 6.20 Å². The van der Waals surface area contributed by atoms with E-state index in [1.807, 2.05) is 4.98 Å². The summed E-state index contributed by atoms with van der Waals surface area (Å²) in [5.41, 5.74) is -1.41. The molecule has 3 N–H and O–H groups in total. The summed E-state index contributed by atoms with van der Waals surface area (Å²) < 4.78 is 19.9. The first kappa shape index (κ1) is 13.6. The lowest BCUT2D eigenvalue weighted by Gasteiger charge is -2.15. The molecule has 4 atom stereocenters. The molecule has 0 radical (unpaired) electrons. The first-order valence-electron chi connectivity index (χ1n) is 5.05. The first-order chi connectivity index (χ1) is 8.45. The van der Waals surface area contributed by atoms with E-state index in [0.29, 0.717) is 0 Å². The van der Waals surface area contributed by atoms with E-state index in [-0.39, 0.29) is 3.57 Å². The lowest BCUT2D eigenvalue weighted by molar-refractivity contribution is -0.0492. The van der Waals surface area contributed by atoms with Crippen molar-refractivity contribution in [1.29, 1.82) is 0 Å². The van der Waals surface area contributed by atoms with Gasteiger partial charge in [0.15, 0.2) is 12.4 Å². The largest absolute Gasteiger partial charge is 0.394 e. The number of ether oxygens (including phenoxy) is 1. The highest BCUT2D eigenvalue weighted by Crippen LogP contribution is 2.30. The Balaban J connectivity index is 2.42. The fourth-order valence-electron chi connectivity index (χ4n) is 1.73. The van der Waals surface area contributed by atoms with Crippen molar-refractivity contribution in [2.45, 2.75) is 24.6 Å². The second-order valence-corrected chi connectivity index (χ2v) is 4.99. The number of halogens is 2. The third-order valence-corrected chi connectivity index (χ3v) is 3.44. The molecule has 1 aromatic heterocycles. The monoisotopic (exact) mass is 372 g/mol. The first-order valence-corrected chi connectivity index (χ1v) is 6.13. The number of H-pyrrole nitrogens is 1. The smallest absolute Gasteiger partial charge is 0.330 e. The fourth-order valence-corrected chi connectivity index (χ4v) is 2.16. The Morgan fingerprint density at radius 2 is 2.22 bits per heavy atom. The van der Waals surface area contributed by atoms with Gasteiger partial charge in [-0.1, -0.05) is 0 Å². The zero-order valence-electron chi connectivity index (χ0n) is 8.92. The Kier molecular flexibility index (Phi) is 3.84. The Morgan fingerprint density at radius 1 is 1.56 bits per heavy atom. The molecule has 7 nitrogen and oxygen atoms in total. The van der Waals surface area contributed by atoms with Crippen LogP contribution in [0.4, 0.5) is 4.39 Å². The van der Waals surface area contributed by atoms with Crippen molar-refractivity contribution in [3.05, 3.63) is 30.6 Å². The van der Waals surface area contributed by atoms with Crippen molar-refractivity contribution in [1.82, 2.24) is 9.55 Å². The van der Waals surface area contributed by atoms with E-state index in [9.17, 15) is 19.1 Å². The number of hydrogen-bond donors (Lipinski definition) is 3. The number of aliphatic hydroxyl groups excluding tert-OH is 2. The molecular weight excluding hydrogens is 362 g/mol. The highest BCUT2D eigenvalue weighted by molar-refractivity contribution is 14.1. The molecule has 0 spiro atoms. The predicted octanol–water partition coefficient (Wildman–Crippen LogP) is -1.27. The number of rotatable bonds is 2. The number of aliphatic hydroxyl groups is 2. The highest BCUT2D eigenvalue weighted by Gasteiger charge is 2.45. The number of nitrogens with zero attached hydrogens (tertiary/aromatic N) is 1. The van der Waals surface area contributed by atoms with Crippen LogP contribution in [0.3, 0.4) is 0 Å². The summed E-state index contributed by atoms with van der Waals surface area (Å²) in [7, 11) is 0. The molecular formula is C9H10FIN2O5. The van der Waals surface area contributed by atoms with Crippen LogP contribution in [0.15, 0.2) is 15.8 Å². The summed E-state index contributed by atoms with van der Waals surface area (Å²) in [5, 5.41) is 18.3. The maximum atomic E-state index is 13.8. The molecule has 1 aromatic rings. The molecule has 0 aromatic carbocycles. The summed E-state index contributed by atoms with van der Waals surface area (Å²) in [6, 6.07) is 0. The van der Waals surface area contributed by atoms with Gasteiger partial charge in [0.2, 0.25) is 0 Å². The van der Waals surface area contributed by atoms with Gasteiger partial charge < -0.3 is 14.9 Å². The van der Waals surface area contributed by atoms with Crippen molar-refractivity contribution >= 4 is 22.6 Å². The molecule has 1 aliphatic rings. The van der Waals surface area contributed by atoms with Crippen molar-refractivity contribution in [2.24, 2.45) is 0 Å². The number of aromatic nitrogens is 2. The fraction of sp³-hybridized carbons (Fsp3) is 0.556. The third kappa shape index (κ3) is 2.22. The van der Waals surface area contributed by atoms with Crippen molar-refractivity contribution in [2.75, 3.05) is 6.61 Å². The van der Waals surface area contributed by atoms with E-state index in [1.165, 1.54) is 0 Å². The summed E-state index contributed by atoms with van der Waals surface area (Å²) in [5.74, 6) is 0. The van der Waals surface area contributed by atoms with E-state index in [0.717, 1.165) is 10.8 Å². The van der Waals surface area contributed by atoms with Crippen LogP contribution < -0.4 is 11.2 Å². The Hall–Kier alpha value is -0.780. The van der Waals surface area contributed by atoms with E-state index >= 15 is 0 Å². The van der Waals surface area contributed by atoms with Gasteiger partial charge in [-0.3, -0.25) is 14.3 Å². The standard InChI is InChI=1S/C9H10FIN2O5/c10-5-6(15)4(2-14)18-8(5)13-1-3(11)7(16)12-9(13)17/h1,4-6,8,14-15H,2H2,(H,12,16,17)/t4-,5-,6+,8-/m1/s1. The lowest BCUT2D eigenvalue weighted by atomic mass is 10.1. The molecule has 2 heterocycles. The van der Waals surface area contributed by atoms with Crippen LogP contribution in [-0.2, 0) is 4.74 Å². The number of aromatic amines is 1. The van der Waals surface area contributed by atoms with Gasteiger partial charge in [0.1, 0.15) is 12.2 Å². The van der Waals surface area contributed by atoms with Crippen LogP contribution >= 0.6 is 22.6 Å². The minimum Gasteiger partial charge on any atom is -0.394 e. The maximum Gasteiger partial charge on any atom is 0.330 e.